The van der Waals surface area contributed by atoms with Gasteiger partial charge in [0.05, 0.1) is 12.3 Å². The van der Waals surface area contributed by atoms with Crippen LogP contribution in [0.3, 0.4) is 0 Å². The summed E-state index contributed by atoms with van der Waals surface area (Å²) in [5.41, 5.74) is 2.18. The van der Waals surface area contributed by atoms with Gasteiger partial charge in [0.1, 0.15) is 0 Å². The molecule has 3 heteroatoms. The van der Waals surface area contributed by atoms with E-state index < -0.39 is 0 Å². The van der Waals surface area contributed by atoms with E-state index in [0.717, 1.165) is 11.3 Å². The van der Waals surface area contributed by atoms with Gasteiger partial charge in [-0.1, -0.05) is 30.3 Å². The van der Waals surface area contributed by atoms with Gasteiger partial charge in [-0.15, -0.1) is 0 Å². The van der Waals surface area contributed by atoms with Gasteiger partial charge in [0.25, 0.3) is 0 Å². The Bertz CT molecular complexity index is 341. The zero-order valence-electron chi connectivity index (χ0n) is 6.37. The molecule has 1 aromatic carbocycles. The number of nitrogens with zero attached hydrogens (tertiary/aromatic N) is 2. The monoisotopic (exact) mass is 222 g/mol. The van der Waals surface area contributed by atoms with Crippen LogP contribution >= 0.6 is 15.9 Å². The van der Waals surface area contributed by atoms with Crippen molar-refractivity contribution in [3.05, 3.63) is 35.9 Å². The molecule has 60 valence electrons. The molecule has 2 nitrogen and oxygen atoms in total. The van der Waals surface area contributed by atoms with Crippen LogP contribution in [0.2, 0.25) is 0 Å². The summed E-state index contributed by atoms with van der Waals surface area (Å²) in [6.45, 7) is 0.685. The molecular formula is C9H7BrN2. The van der Waals surface area contributed by atoms with E-state index in [1.54, 1.807) is 0 Å². The molecule has 0 spiro atoms. The molecule has 0 fully saturated rings. The van der Waals surface area contributed by atoms with E-state index >= 15 is 0 Å². The first-order valence-electron chi connectivity index (χ1n) is 3.69. The second-order valence-corrected chi connectivity index (χ2v) is 3.22. The number of rotatable bonds is 1. The molecule has 1 heterocycles. The van der Waals surface area contributed by atoms with Gasteiger partial charge < -0.3 is 0 Å². The maximum Gasteiger partial charge on any atom is 0.192 e. The first-order chi connectivity index (χ1) is 5.86. The van der Waals surface area contributed by atoms with Crippen molar-refractivity contribution < 1.29 is 0 Å². The molecule has 1 aromatic rings. The van der Waals surface area contributed by atoms with Crippen LogP contribution in [0.5, 0.6) is 0 Å². The quantitative estimate of drug-likeness (QED) is 0.652. The third kappa shape index (κ3) is 1.46. The second kappa shape index (κ2) is 3.19. The minimum absolute atomic E-state index is 0.685. The predicted molar refractivity (Wildman–Crippen MR) is 54.2 cm³/mol. The fraction of sp³-hybridized carbons (Fsp3) is 0.111. The predicted octanol–water partition coefficient (Wildman–Crippen LogP) is 2.24. The minimum atomic E-state index is 0.685. The van der Waals surface area contributed by atoms with Crippen LogP contribution in [0.4, 0.5) is 0 Å². The van der Waals surface area contributed by atoms with E-state index in [1.807, 2.05) is 30.3 Å². The van der Waals surface area contributed by atoms with E-state index in [1.165, 1.54) is 0 Å². The molecule has 2 rings (SSSR count). The molecule has 0 bridgehead atoms. The standard InChI is InChI=1S/C9H7BrN2/c10-9-11-6-8(12-9)7-4-2-1-3-5-7/h1-5H,6H2. The van der Waals surface area contributed by atoms with Crippen LogP contribution in [0.15, 0.2) is 40.3 Å². The average Bonchev–Trinajstić information content (AvgIpc) is 2.54. The van der Waals surface area contributed by atoms with Crippen LogP contribution < -0.4 is 0 Å². The van der Waals surface area contributed by atoms with Gasteiger partial charge in [0.15, 0.2) is 4.74 Å². The first kappa shape index (κ1) is 7.68. The molecule has 0 aliphatic carbocycles. The van der Waals surface area contributed by atoms with E-state index in [2.05, 4.69) is 25.9 Å². The highest BCUT2D eigenvalue weighted by molar-refractivity contribution is 9.18. The van der Waals surface area contributed by atoms with Crippen LogP contribution in [0, 0.1) is 0 Å². The van der Waals surface area contributed by atoms with Crippen molar-refractivity contribution in [1.29, 1.82) is 0 Å². The molecule has 0 unspecified atom stereocenters. The summed E-state index contributed by atoms with van der Waals surface area (Å²) in [5, 5.41) is 0. The molecule has 0 atom stereocenters. The minimum Gasteiger partial charge on any atom is -0.254 e. The van der Waals surface area contributed by atoms with Crippen molar-refractivity contribution >= 4 is 26.4 Å². The van der Waals surface area contributed by atoms with Crippen LogP contribution in [0.25, 0.3) is 0 Å². The molecule has 0 N–H and O–H groups in total. The maximum absolute atomic E-state index is 4.24. The van der Waals surface area contributed by atoms with Gasteiger partial charge in [-0.3, -0.25) is 4.99 Å². The lowest BCUT2D eigenvalue weighted by molar-refractivity contribution is 1.34. The molecule has 1 aliphatic rings. The molecule has 0 saturated heterocycles. The van der Waals surface area contributed by atoms with Gasteiger partial charge in [0.2, 0.25) is 0 Å². The largest absolute Gasteiger partial charge is 0.254 e. The zero-order chi connectivity index (χ0) is 8.39. The van der Waals surface area contributed by atoms with E-state index in [9.17, 15) is 0 Å². The van der Waals surface area contributed by atoms with Gasteiger partial charge in [-0.05, 0) is 21.5 Å². The molecule has 1 aliphatic heterocycles. The highest BCUT2D eigenvalue weighted by atomic mass is 79.9. The van der Waals surface area contributed by atoms with Gasteiger partial charge in [-0.25, -0.2) is 4.99 Å². The van der Waals surface area contributed by atoms with Crippen molar-refractivity contribution in [1.82, 2.24) is 0 Å². The lowest BCUT2D eigenvalue weighted by Gasteiger charge is -1.96. The van der Waals surface area contributed by atoms with Crippen LogP contribution in [0.1, 0.15) is 5.56 Å². The number of aliphatic imine (C=N–C) groups is 2. The van der Waals surface area contributed by atoms with Gasteiger partial charge in [-0.2, -0.15) is 0 Å². The smallest absolute Gasteiger partial charge is 0.192 e. The van der Waals surface area contributed by atoms with Crippen LogP contribution in [-0.4, -0.2) is 17.0 Å². The van der Waals surface area contributed by atoms with E-state index in [0.29, 0.717) is 11.3 Å². The highest BCUT2D eigenvalue weighted by Crippen LogP contribution is 2.09. The Hall–Kier alpha value is -0.960. The molecule has 0 radical (unpaired) electrons. The summed E-state index contributed by atoms with van der Waals surface area (Å²) in [6, 6.07) is 10.1. The highest BCUT2D eigenvalue weighted by Gasteiger charge is 2.08. The van der Waals surface area contributed by atoms with Crippen molar-refractivity contribution in [3.63, 3.8) is 0 Å². The van der Waals surface area contributed by atoms with E-state index in [4.69, 9.17) is 0 Å². The first-order valence-corrected chi connectivity index (χ1v) is 4.48. The molecule has 12 heavy (non-hydrogen) atoms. The Morgan fingerprint density at radius 1 is 1.17 bits per heavy atom. The van der Waals surface area contributed by atoms with Crippen LogP contribution in [-0.2, 0) is 0 Å². The fourth-order valence-electron chi connectivity index (χ4n) is 1.11. The summed E-state index contributed by atoms with van der Waals surface area (Å²) in [6.07, 6.45) is 0. The van der Waals surface area contributed by atoms with Crippen molar-refractivity contribution in [3.8, 4) is 0 Å². The number of amidine groups is 1. The second-order valence-electron chi connectivity index (χ2n) is 2.51. The Labute approximate surface area is 79.2 Å². The van der Waals surface area contributed by atoms with Crippen molar-refractivity contribution in [2.24, 2.45) is 9.98 Å². The molecule has 0 aromatic heterocycles. The Morgan fingerprint density at radius 3 is 2.50 bits per heavy atom. The Balaban J connectivity index is 2.30. The zero-order valence-corrected chi connectivity index (χ0v) is 7.95. The number of benzene rings is 1. The molecule has 0 saturated carbocycles. The summed E-state index contributed by atoms with van der Waals surface area (Å²) >= 11 is 3.24. The number of hydrogen-bond donors (Lipinski definition) is 0. The topological polar surface area (TPSA) is 24.7 Å². The fourth-order valence-corrected chi connectivity index (χ4v) is 1.45. The molecular weight excluding hydrogens is 216 g/mol. The summed E-state index contributed by atoms with van der Waals surface area (Å²) in [7, 11) is 0. The molecule has 0 amide bonds. The summed E-state index contributed by atoms with van der Waals surface area (Å²) in [4.78, 5) is 8.37. The normalized spacial score (nSPS) is 15.8. The maximum atomic E-state index is 4.24. The van der Waals surface area contributed by atoms with Crippen molar-refractivity contribution in [2.75, 3.05) is 6.54 Å². The third-order valence-electron chi connectivity index (χ3n) is 1.69. The Morgan fingerprint density at radius 2 is 1.92 bits per heavy atom. The van der Waals surface area contributed by atoms with Gasteiger partial charge in [0, 0.05) is 0 Å². The lowest BCUT2D eigenvalue weighted by atomic mass is 10.1. The average molecular weight is 223 g/mol. The summed E-state index contributed by atoms with van der Waals surface area (Å²) < 4.78 is 0.696. The summed E-state index contributed by atoms with van der Waals surface area (Å²) in [5.74, 6) is 0. The number of halogens is 1. The van der Waals surface area contributed by atoms with E-state index in [-0.39, 0.29) is 0 Å². The lowest BCUT2D eigenvalue weighted by Crippen LogP contribution is -2.00. The Kier molecular flexibility index (Phi) is 2.04. The number of hydrogen-bond acceptors (Lipinski definition) is 2. The van der Waals surface area contributed by atoms with Gasteiger partial charge >= 0.3 is 0 Å². The van der Waals surface area contributed by atoms with Crippen molar-refractivity contribution in [2.45, 2.75) is 0 Å². The SMILES string of the molecule is BrC1=NCC(c2ccccc2)=N1. The third-order valence-corrected chi connectivity index (χ3v) is 2.12.